The summed E-state index contributed by atoms with van der Waals surface area (Å²) in [4.78, 5) is 25.3. The van der Waals surface area contributed by atoms with E-state index in [0.717, 1.165) is 19.4 Å². The Labute approximate surface area is 125 Å². The van der Waals surface area contributed by atoms with Crippen molar-refractivity contribution in [3.63, 3.8) is 0 Å². The van der Waals surface area contributed by atoms with Crippen LogP contribution in [0.15, 0.2) is 43.0 Å². The highest BCUT2D eigenvalue weighted by atomic mass is 16.2. The number of likely N-dealkylation sites (tertiary alicyclic amines) is 1. The van der Waals surface area contributed by atoms with Crippen LogP contribution in [0, 0.1) is 0 Å². The maximum absolute atomic E-state index is 11.9. The fourth-order valence-corrected chi connectivity index (χ4v) is 2.62. The second-order valence-corrected chi connectivity index (χ2v) is 5.39. The van der Waals surface area contributed by atoms with E-state index in [1.807, 2.05) is 23.1 Å². The molecule has 0 aromatic heterocycles. The van der Waals surface area contributed by atoms with Crippen molar-refractivity contribution in [1.82, 2.24) is 10.2 Å². The third-order valence-corrected chi connectivity index (χ3v) is 3.65. The molecule has 4 nitrogen and oxygen atoms in total. The zero-order valence-corrected chi connectivity index (χ0v) is 12.3. The molecule has 21 heavy (non-hydrogen) atoms. The lowest BCUT2D eigenvalue weighted by Gasteiger charge is -2.17. The molecule has 1 N–H and O–H groups in total. The van der Waals surface area contributed by atoms with Crippen LogP contribution in [-0.2, 0) is 16.0 Å². The van der Waals surface area contributed by atoms with E-state index in [2.05, 4.69) is 24.0 Å². The number of carbonyl (C=O) groups is 2. The molecule has 1 heterocycles. The van der Waals surface area contributed by atoms with Crippen molar-refractivity contribution in [2.24, 2.45) is 0 Å². The van der Waals surface area contributed by atoms with E-state index < -0.39 is 0 Å². The van der Waals surface area contributed by atoms with Crippen LogP contribution in [0.4, 0.5) is 0 Å². The fourth-order valence-electron chi connectivity index (χ4n) is 2.62. The van der Waals surface area contributed by atoms with Crippen LogP contribution >= 0.6 is 0 Å². The molecule has 0 unspecified atom stereocenters. The van der Waals surface area contributed by atoms with Crippen LogP contribution in [0.1, 0.15) is 24.8 Å². The van der Waals surface area contributed by atoms with Gasteiger partial charge >= 0.3 is 0 Å². The van der Waals surface area contributed by atoms with E-state index >= 15 is 0 Å². The molecule has 4 heteroatoms. The third kappa shape index (κ3) is 4.74. The minimum atomic E-state index is -0.0612. The van der Waals surface area contributed by atoms with Crippen molar-refractivity contribution < 1.29 is 9.59 Å². The molecule has 1 aliphatic heterocycles. The quantitative estimate of drug-likeness (QED) is 0.778. The summed E-state index contributed by atoms with van der Waals surface area (Å²) < 4.78 is 0. The Morgan fingerprint density at radius 2 is 2.14 bits per heavy atom. The lowest BCUT2D eigenvalue weighted by atomic mass is 10.1. The molecule has 0 spiro atoms. The van der Waals surface area contributed by atoms with Gasteiger partial charge in [0.05, 0.1) is 6.04 Å². The van der Waals surface area contributed by atoms with Gasteiger partial charge in [0.25, 0.3) is 0 Å². The first kappa shape index (κ1) is 15.3. The number of nitrogens with one attached hydrogen (secondary N) is 1. The van der Waals surface area contributed by atoms with Gasteiger partial charge in [0.1, 0.15) is 0 Å². The van der Waals surface area contributed by atoms with Gasteiger partial charge in [0.15, 0.2) is 0 Å². The van der Waals surface area contributed by atoms with E-state index in [0.29, 0.717) is 19.4 Å². The second-order valence-electron chi connectivity index (χ2n) is 5.39. The Morgan fingerprint density at radius 3 is 2.86 bits per heavy atom. The van der Waals surface area contributed by atoms with Crippen molar-refractivity contribution >= 4 is 11.8 Å². The van der Waals surface area contributed by atoms with E-state index in [9.17, 15) is 9.59 Å². The van der Waals surface area contributed by atoms with Gasteiger partial charge in [-0.3, -0.25) is 9.59 Å². The number of hydrogen-bond donors (Lipinski definition) is 1. The molecule has 1 saturated heterocycles. The van der Waals surface area contributed by atoms with Crippen molar-refractivity contribution in [3.05, 3.63) is 48.6 Å². The first-order valence-electron chi connectivity index (χ1n) is 7.41. The van der Waals surface area contributed by atoms with E-state index in [1.165, 1.54) is 5.56 Å². The maximum atomic E-state index is 11.9. The topological polar surface area (TPSA) is 49.4 Å². The maximum Gasteiger partial charge on any atom is 0.224 e. The fraction of sp³-hybridized carbons (Fsp3) is 0.412. The minimum absolute atomic E-state index is 0.0540. The van der Waals surface area contributed by atoms with Crippen molar-refractivity contribution in [3.8, 4) is 0 Å². The normalized spacial score (nSPS) is 17.8. The molecule has 1 aromatic rings. The summed E-state index contributed by atoms with van der Waals surface area (Å²) >= 11 is 0. The predicted molar refractivity (Wildman–Crippen MR) is 82.7 cm³/mol. The highest BCUT2D eigenvalue weighted by molar-refractivity contribution is 5.82. The van der Waals surface area contributed by atoms with Gasteiger partial charge in [-0.15, -0.1) is 6.58 Å². The second kappa shape index (κ2) is 7.62. The SMILES string of the molecule is C=CCC(=O)N[C@H]1CC(=O)N(CCCc2ccccc2)C1. The molecule has 1 aliphatic rings. The molecule has 0 aliphatic carbocycles. The van der Waals surface area contributed by atoms with E-state index in [4.69, 9.17) is 0 Å². The van der Waals surface area contributed by atoms with Crippen LogP contribution in [0.5, 0.6) is 0 Å². The Bertz CT molecular complexity index is 499. The summed E-state index contributed by atoms with van der Waals surface area (Å²) in [5.74, 6) is 0.0703. The Balaban J connectivity index is 1.73. The summed E-state index contributed by atoms with van der Waals surface area (Å²) in [6.45, 7) is 4.91. The average Bonchev–Trinajstić information content (AvgIpc) is 2.80. The highest BCUT2D eigenvalue weighted by Gasteiger charge is 2.29. The number of carbonyl (C=O) groups excluding carboxylic acids is 2. The predicted octanol–water partition coefficient (Wildman–Crippen LogP) is 1.91. The molecule has 1 atom stereocenters. The first-order valence-corrected chi connectivity index (χ1v) is 7.41. The number of rotatable bonds is 7. The Kier molecular flexibility index (Phi) is 5.55. The van der Waals surface area contributed by atoms with Gasteiger partial charge in [-0.1, -0.05) is 36.4 Å². The van der Waals surface area contributed by atoms with Crippen LogP contribution in [0.25, 0.3) is 0 Å². The van der Waals surface area contributed by atoms with Gasteiger partial charge in [-0.25, -0.2) is 0 Å². The number of amides is 2. The van der Waals surface area contributed by atoms with E-state index in [-0.39, 0.29) is 17.9 Å². The smallest absolute Gasteiger partial charge is 0.224 e. The highest BCUT2D eigenvalue weighted by Crippen LogP contribution is 2.13. The molecule has 112 valence electrons. The summed E-state index contributed by atoms with van der Waals surface area (Å²) in [5, 5.41) is 2.88. The van der Waals surface area contributed by atoms with Crippen LogP contribution < -0.4 is 5.32 Å². The largest absolute Gasteiger partial charge is 0.351 e. The zero-order valence-electron chi connectivity index (χ0n) is 12.3. The first-order chi connectivity index (χ1) is 10.2. The molecule has 2 rings (SSSR count). The third-order valence-electron chi connectivity index (χ3n) is 3.65. The summed E-state index contributed by atoms with van der Waals surface area (Å²) in [6, 6.07) is 10.2. The minimum Gasteiger partial charge on any atom is -0.351 e. The van der Waals surface area contributed by atoms with Gasteiger partial charge < -0.3 is 10.2 Å². The van der Waals surface area contributed by atoms with Crippen LogP contribution in [0.2, 0.25) is 0 Å². The zero-order chi connectivity index (χ0) is 15.1. The Hall–Kier alpha value is -2.10. The van der Waals surface area contributed by atoms with Gasteiger partial charge in [0, 0.05) is 25.9 Å². The monoisotopic (exact) mass is 286 g/mol. The van der Waals surface area contributed by atoms with Gasteiger partial charge in [0.2, 0.25) is 11.8 Å². The molecule has 2 amide bonds. The van der Waals surface area contributed by atoms with Crippen molar-refractivity contribution in [1.29, 1.82) is 0 Å². The lowest BCUT2D eigenvalue weighted by molar-refractivity contribution is -0.127. The molecule has 1 aromatic carbocycles. The molecule has 1 fully saturated rings. The molecular formula is C17H22N2O2. The Morgan fingerprint density at radius 1 is 1.38 bits per heavy atom. The van der Waals surface area contributed by atoms with Crippen molar-refractivity contribution in [2.75, 3.05) is 13.1 Å². The molecule has 0 saturated carbocycles. The number of aryl methyl sites for hydroxylation is 1. The molecular weight excluding hydrogens is 264 g/mol. The number of benzene rings is 1. The van der Waals surface area contributed by atoms with E-state index in [1.54, 1.807) is 6.08 Å². The number of hydrogen-bond acceptors (Lipinski definition) is 2. The van der Waals surface area contributed by atoms with Gasteiger partial charge in [-0.2, -0.15) is 0 Å². The van der Waals surface area contributed by atoms with Gasteiger partial charge in [-0.05, 0) is 18.4 Å². The average molecular weight is 286 g/mol. The molecule has 0 bridgehead atoms. The summed E-state index contributed by atoms with van der Waals surface area (Å²) in [5.41, 5.74) is 1.29. The number of nitrogens with zero attached hydrogens (tertiary/aromatic N) is 1. The van der Waals surface area contributed by atoms with Crippen LogP contribution in [-0.4, -0.2) is 35.8 Å². The molecule has 0 radical (unpaired) electrons. The summed E-state index contributed by atoms with van der Waals surface area (Å²) in [6.07, 6.45) is 4.21. The van der Waals surface area contributed by atoms with Crippen LogP contribution in [0.3, 0.4) is 0 Å². The lowest BCUT2D eigenvalue weighted by Crippen LogP contribution is -2.37. The standard InChI is InChI=1S/C17H22N2O2/c1-2-7-16(20)18-15-12-17(21)19(13-15)11-6-10-14-8-4-3-5-9-14/h2-5,8-9,15H,1,6-7,10-13H2,(H,18,20)/t15-/m0/s1. The summed E-state index contributed by atoms with van der Waals surface area (Å²) in [7, 11) is 0. The van der Waals surface area contributed by atoms with Crippen molar-refractivity contribution in [2.45, 2.75) is 31.7 Å².